The number of aliphatic hydroxyl groups is 1. The van der Waals surface area contributed by atoms with Crippen molar-refractivity contribution in [3.8, 4) is 11.5 Å². The van der Waals surface area contributed by atoms with Gasteiger partial charge >= 0.3 is 0 Å². The molecule has 1 aliphatic carbocycles. The Labute approximate surface area is 191 Å². The Hall–Kier alpha value is -2.06. The van der Waals surface area contributed by atoms with E-state index in [-0.39, 0.29) is 30.9 Å². The van der Waals surface area contributed by atoms with Crippen molar-refractivity contribution in [3.05, 3.63) is 17.7 Å². The first-order chi connectivity index (χ1) is 15.0. The van der Waals surface area contributed by atoms with Crippen molar-refractivity contribution in [1.82, 2.24) is 4.90 Å². The summed E-state index contributed by atoms with van der Waals surface area (Å²) in [5.74, 6) is 0.669. The predicted octanol–water partition coefficient (Wildman–Crippen LogP) is 4.31. The zero-order chi connectivity index (χ0) is 23.4. The number of fused-ring (bicyclic) bond motifs is 2. The molecule has 1 saturated heterocycles. The van der Waals surface area contributed by atoms with Crippen LogP contribution >= 0.6 is 0 Å². The topological polar surface area (TPSA) is 88.1 Å². The molecule has 2 heterocycles. The summed E-state index contributed by atoms with van der Waals surface area (Å²) in [7, 11) is -2.28. The number of amides is 2. The van der Waals surface area contributed by atoms with E-state index in [9.17, 15) is 14.7 Å². The Morgan fingerprint density at radius 3 is 2.22 bits per heavy atom. The third-order valence-corrected chi connectivity index (χ3v) is 13.2. The first-order valence-corrected chi connectivity index (χ1v) is 14.0. The number of rotatable bonds is 7. The predicted molar refractivity (Wildman–Crippen MR) is 126 cm³/mol. The smallest absolute Gasteiger partial charge is 0.258 e. The minimum atomic E-state index is -2.28. The maximum atomic E-state index is 13.3. The molecule has 0 unspecified atom stereocenters. The van der Waals surface area contributed by atoms with Gasteiger partial charge in [-0.3, -0.25) is 9.59 Å². The highest BCUT2D eigenvalue weighted by Crippen LogP contribution is 2.47. The van der Waals surface area contributed by atoms with Crippen LogP contribution in [-0.2, 0) is 4.79 Å². The summed E-state index contributed by atoms with van der Waals surface area (Å²) in [5, 5.41) is 13.0. The largest absolute Gasteiger partial charge is 0.540 e. The van der Waals surface area contributed by atoms with E-state index in [0.717, 1.165) is 12.8 Å². The molecule has 2 amide bonds. The fourth-order valence-electron chi connectivity index (χ4n) is 5.58. The van der Waals surface area contributed by atoms with Gasteiger partial charge in [-0.1, -0.05) is 41.5 Å². The van der Waals surface area contributed by atoms with Crippen molar-refractivity contribution < 1.29 is 23.9 Å². The molecule has 0 bridgehead atoms. The number of nitrogens with one attached hydrogen (secondary N) is 1. The number of benzene rings is 1. The second-order valence-electron chi connectivity index (χ2n) is 10.4. The Morgan fingerprint density at radius 2 is 1.66 bits per heavy atom. The van der Waals surface area contributed by atoms with Gasteiger partial charge in [-0.05, 0) is 35.5 Å². The van der Waals surface area contributed by atoms with Crippen LogP contribution < -0.4 is 14.5 Å². The fourth-order valence-corrected chi connectivity index (χ4v) is 10.8. The number of aliphatic hydroxyl groups excluding tert-OH is 1. The van der Waals surface area contributed by atoms with Crippen molar-refractivity contribution in [2.45, 2.75) is 95.7 Å². The van der Waals surface area contributed by atoms with Gasteiger partial charge in [-0.2, -0.15) is 0 Å². The lowest BCUT2D eigenvalue weighted by Crippen LogP contribution is -2.50. The van der Waals surface area contributed by atoms with Gasteiger partial charge in [-0.15, -0.1) is 0 Å². The summed E-state index contributed by atoms with van der Waals surface area (Å²) in [5.41, 5.74) is 1.97. The van der Waals surface area contributed by atoms with Gasteiger partial charge in [0, 0.05) is 19.0 Å². The van der Waals surface area contributed by atoms with Crippen LogP contribution in [0.3, 0.4) is 0 Å². The minimum absolute atomic E-state index is 0.139. The highest BCUT2D eigenvalue weighted by atomic mass is 28.4. The maximum absolute atomic E-state index is 13.3. The molecule has 2 N–H and O–H groups in total. The molecule has 0 spiro atoms. The van der Waals surface area contributed by atoms with Crippen LogP contribution in [0, 0.1) is 0 Å². The molecular weight excluding hydrogens is 424 g/mol. The Morgan fingerprint density at radius 1 is 1.03 bits per heavy atom. The molecule has 3 aliphatic rings. The van der Waals surface area contributed by atoms with Gasteiger partial charge in [0.05, 0.1) is 23.5 Å². The second kappa shape index (κ2) is 8.37. The summed E-state index contributed by atoms with van der Waals surface area (Å²) < 4.78 is 13.2. The number of ether oxygens (including phenoxy) is 1. The molecule has 1 saturated carbocycles. The van der Waals surface area contributed by atoms with E-state index in [2.05, 4.69) is 46.9 Å². The van der Waals surface area contributed by atoms with Gasteiger partial charge in [0.25, 0.3) is 14.2 Å². The van der Waals surface area contributed by atoms with Gasteiger partial charge in [0.15, 0.2) is 5.75 Å². The molecule has 0 radical (unpaired) electrons. The van der Waals surface area contributed by atoms with Crippen LogP contribution in [0.15, 0.2) is 12.1 Å². The van der Waals surface area contributed by atoms with Crippen molar-refractivity contribution in [1.29, 1.82) is 0 Å². The SMILES string of the molecule is CC(C)[Si](Oc1cc2c(cc1OC1CC1)C(=O)N1C[C@H](O)C[C@H]1C(=O)N2)(C(C)C)C(C)C. The molecule has 2 fully saturated rings. The third-order valence-electron chi connectivity index (χ3n) is 7.23. The minimum Gasteiger partial charge on any atom is -0.540 e. The molecule has 8 heteroatoms. The van der Waals surface area contributed by atoms with Crippen molar-refractivity contribution in [3.63, 3.8) is 0 Å². The van der Waals surface area contributed by atoms with Crippen molar-refractivity contribution in [2.75, 3.05) is 11.9 Å². The normalized spacial score (nSPS) is 23.4. The van der Waals surface area contributed by atoms with Gasteiger partial charge in [-0.25, -0.2) is 0 Å². The maximum Gasteiger partial charge on any atom is 0.258 e. The molecule has 7 nitrogen and oxygen atoms in total. The van der Waals surface area contributed by atoms with E-state index in [0.29, 0.717) is 39.4 Å². The molecule has 2 atom stereocenters. The lowest BCUT2D eigenvalue weighted by molar-refractivity contribution is -0.119. The van der Waals surface area contributed by atoms with Crippen LogP contribution in [0.1, 0.15) is 71.2 Å². The highest BCUT2D eigenvalue weighted by molar-refractivity contribution is 6.78. The van der Waals surface area contributed by atoms with E-state index in [1.165, 1.54) is 4.90 Å². The molecule has 1 aromatic carbocycles. The summed E-state index contributed by atoms with van der Waals surface area (Å²) >= 11 is 0. The first-order valence-electron chi connectivity index (χ1n) is 11.9. The van der Waals surface area contributed by atoms with Crippen LogP contribution in [0.4, 0.5) is 5.69 Å². The zero-order valence-electron chi connectivity index (χ0n) is 20.0. The fraction of sp³-hybridized carbons (Fsp3) is 0.667. The summed E-state index contributed by atoms with van der Waals surface area (Å²) in [6.45, 7) is 13.5. The van der Waals surface area contributed by atoms with E-state index in [1.807, 2.05) is 0 Å². The van der Waals surface area contributed by atoms with Crippen LogP contribution in [0.25, 0.3) is 0 Å². The summed E-state index contributed by atoms with van der Waals surface area (Å²) in [6.07, 6.45) is 1.69. The average molecular weight is 461 g/mol. The highest BCUT2D eigenvalue weighted by Gasteiger charge is 2.48. The van der Waals surface area contributed by atoms with E-state index in [4.69, 9.17) is 9.16 Å². The average Bonchev–Trinajstić information content (AvgIpc) is 3.44. The Balaban J connectivity index is 1.80. The summed E-state index contributed by atoms with van der Waals surface area (Å²) in [4.78, 5) is 27.7. The van der Waals surface area contributed by atoms with E-state index >= 15 is 0 Å². The van der Waals surface area contributed by atoms with E-state index in [1.54, 1.807) is 12.1 Å². The van der Waals surface area contributed by atoms with Crippen molar-refractivity contribution >= 4 is 25.8 Å². The molecular formula is C24H36N2O5Si. The molecule has 32 heavy (non-hydrogen) atoms. The van der Waals surface area contributed by atoms with Gasteiger partial charge in [0.1, 0.15) is 11.8 Å². The number of anilines is 1. The Kier molecular flexibility index (Phi) is 6.05. The summed E-state index contributed by atoms with van der Waals surface area (Å²) in [6, 6.07) is 2.87. The molecule has 4 rings (SSSR count). The quantitative estimate of drug-likeness (QED) is 0.592. The molecule has 176 valence electrons. The van der Waals surface area contributed by atoms with Crippen LogP contribution in [0.5, 0.6) is 11.5 Å². The Bertz CT molecular complexity index is 890. The number of hydrogen-bond donors (Lipinski definition) is 2. The first kappa shape index (κ1) is 23.1. The molecule has 0 aromatic heterocycles. The van der Waals surface area contributed by atoms with Crippen LogP contribution in [-0.4, -0.2) is 54.9 Å². The number of hydrogen-bond acceptors (Lipinski definition) is 5. The zero-order valence-corrected chi connectivity index (χ0v) is 21.0. The lowest BCUT2D eigenvalue weighted by atomic mass is 10.1. The van der Waals surface area contributed by atoms with E-state index < -0.39 is 20.5 Å². The lowest BCUT2D eigenvalue weighted by Gasteiger charge is -2.42. The van der Waals surface area contributed by atoms with Gasteiger partial charge < -0.3 is 24.5 Å². The monoisotopic (exact) mass is 460 g/mol. The number of carbonyl (C=O) groups is 2. The van der Waals surface area contributed by atoms with Crippen LogP contribution in [0.2, 0.25) is 16.6 Å². The number of nitrogens with zero attached hydrogens (tertiary/aromatic N) is 1. The number of carbonyl (C=O) groups excluding carboxylic acids is 2. The van der Waals surface area contributed by atoms with Crippen molar-refractivity contribution in [2.24, 2.45) is 0 Å². The standard InChI is InChI=1S/C24H36N2O5Si/c1-13(2)32(14(3)4,15(5)6)31-22-11-19-18(10-21(22)30-17-7-8-17)24(29)26-12-16(27)9-20(26)23(28)25-19/h10-11,13-17,20,27H,7-9,12H2,1-6H3,(H,25,28)/t16-,20+/m1/s1. The third kappa shape index (κ3) is 3.92. The van der Waals surface area contributed by atoms with Gasteiger partial charge in [0.2, 0.25) is 5.91 Å². The molecule has 2 aliphatic heterocycles. The second-order valence-corrected chi connectivity index (χ2v) is 15.8. The molecule has 1 aromatic rings.